The van der Waals surface area contributed by atoms with E-state index in [-0.39, 0.29) is 5.69 Å². The van der Waals surface area contributed by atoms with Gasteiger partial charge in [-0.2, -0.15) is 0 Å². The van der Waals surface area contributed by atoms with Crippen LogP contribution in [0, 0.1) is 20.6 Å². The van der Waals surface area contributed by atoms with Crippen LogP contribution in [-0.4, -0.2) is 4.92 Å². The fourth-order valence-corrected chi connectivity index (χ4v) is 2.20. The second-order valence-electron chi connectivity index (χ2n) is 4.00. The first kappa shape index (κ1) is 13.6. The number of nitro groups is 1. The molecule has 2 N–H and O–H groups in total. The summed E-state index contributed by atoms with van der Waals surface area (Å²) in [5.41, 5.74) is 7.30. The highest BCUT2D eigenvalue weighted by Crippen LogP contribution is 2.31. The average Bonchev–Trinajstić information content (AvgIpc) is 2.34. The molecule has 0 amide bonds. The number of halogens is 1. The molecule has 0 unspecified atom stereocenters. The standard InChI is InChI=1S/C13H11IN2O3/c1-8-6-9(15)2-4-12(8)19-13-5-3-10(16(17)18)7-11(13)14/h2-7H,15H2,1H3. The fraction of sp³-hybridized carbons (Fsp3) is 0.0769. The van der Waals surface area contributed by atoms with Crippen molar-refractivity contribution in [1.29, 1.82) is 0 Å². The molecule has 2 aromatic carbocycles. The van der Waals surface area contributed by atoms with Gasteiger partial charge in [-0.1, -0.05) is 0 Å². The Hall–Kier alpha value is -1.83. The number of aryl methyl sites for hydroxylation is 1. The highest BCUT2D eigenvalue weighted by atomic mass is 127. The number of nitrogen functional groups attached to an aromatic ring is 1. The number of hydrogen-bond acceptors (Lipinski definition) is 4. The number of ether oxygens (including phenoxy) is 1. The third-order valence-corrected chi connectivity index (χ3v) is 3.39. The van der Waals surface area contributed by atoms with Gasteiger partial charge in [0.15, 0.2) is 0 Å². The Balaban J connectivity index is 2.31. The maximum absolute atomic E-state index is 10.7. The van der Waals surface area contributed by atoms with Gasteiger partial charge in [0.05, 0.1) is 8.49 Å². The van der Waals surface area contributed by atoms with Crippen LogP contribution in [0.4, 0.5) is 11.4 Å². The second-order valence-corrected chi connectivity index (χ2v) is 5.16. The van der Waals surface area contributed by atoms with Gasteiger partial charge in [-0.3, -0.25) is 10.1 Å². The van der Waals surface area contributed by atoms with E-state index in [0.29, 0.717) is 20.8 Å². The van der Waals surface area contributed by atoms with Crippen molar-refractivity contribution in [2.75, 3.05) is 5.73 Å². The second kappa shape index (κ2) is 5.43. The van der Waals surface area contributed by atoms with Crippen LogP contribution in [0.1, 0.15) is 5.56 Å². The third kappa shape index (κ3) is 3.14. The number of hydrogen-bond donors (Lipinski definition) is 1. The van der Waals surface area contributed by atoms with Crippen molar-refractivity contribution in [1.82, 2.24) is 0 Å². The molecule has 0 atom stereocenters. The van der Waals surface area contributed by atoms with Crippen LogP contribution in [0.15, 0.2) is 36.4 Å². The monoisotopic (exact) mass is 370 g/mol. The predicted molar refractivity (Wildman–Crippen MR) is 81.5 cm³/mol. The van der Waals surface area contributed by atoms with Gasteiger partial charge >= 0.3 is 0 Å². The zero-order valence-corrected chi connectivity index (χ0v) is 12.2. The van der Waals surface area contributed by atoms with Gasteiger partial charge in [0.2, 0.25) is 0 Å². The number of rotatable bonds is 3. The van der Waals surface area contributed by atoms with Gasteiger partial charge < -0.3 is 10.5 Å². The van der Waals surface area contributed by atoms with E-state index in [1.54, 1.807) is 18.2 Å². The molecule has 0 saturated carbocycles. The van der Waals surface area contributed by atoms with Crippen LogP contribution >= 0.6 is 22.6 Å². The first-order valence-corrected chi connectivity index (χ1v) is 6.53. The highest BCUT2D eigenvalue weighted by molar-refractivity contribution is 14.1. The van der Waals surface area contributed by atoms with Gasteiger partial charge in [0, 0.05) is 17.8 Å². The minimum atomic E-state index is -0.430. The summed E-state index contributed by atoms with van der Waals surface area (Å²) >= 11 is 2.01. The molecule has 0 fully saturated rings. The molecule has 0 radical (unpaired) electrons. The smallest absolute Gasteiger partial charge is 0.270 e. The van der Waals surface area contributed by atoms with Crippen LogP contribution in [-0.2, 0) is 0 Å². The fourth-order valence-electron chi connectivity index (χ4n) is 1.59. The third-order valence-electron chi connectivity index (χ3n) is 2.55. The lowest BCUT2D eigenvalue weighted by Gasteiger charge is -2.10. The number of nitrogens with two attached hydrogens (primary N) is 1. The summed E-state index contributed by atoms with van der Waals surface area (Å²) in [6.45, 7) is 1.89. The molecule has 5 nitrogen and oxygen atoms in total. The van der Waals surface area contributed by atoms with E-state index in [9.17, 15) is 10.1 Å². The van der Waals surface area contributed by atoms with Gasteiger partial charge in [0.1, 0.15) is 11.5 Å². The van der Waals surface area contributed by atoms with Crippen molar-refractivity contribution in [3.05, 3.63) is 55.6 Å². The van der Waals surface area contributed by atoms with E-state index in [1.807, 2.05) is 35.6 Å². The molecule has 0 aliphatic rings. The van der Waals surface area contributed by atoms with E-state index in [2.05, 4.69) is 0 Å². The summed E-state index contributed by atoms with van der Waals surface area (Å²) in [7, 11) is 0. The first-order valence-electron chi connectivity index (χ1n) is 5.45. The maximum Gasteiger partial charge on any atom is 0.270 e. The normalized spacial score (nSPS) is 10.2. The van der Waals surface area contributed by atoms with Gasteiger partial charge in [-0.25, -0.2) is 0 Å². The summed E-state index contributed by atoms with van der Waals surface area (Å²) in [5, 5.41) is 10.7. The summed E-state index contributed by atoms with van der Waals surface area (Å²) in [4.78, 5) is 10.2. The quantitative estimate of drug-likeness (QED) is 0.385. The Morgan fingerprint density at radius 1 is 1.21 bits per heavy atom. The zero-order valence-electron chi connectivity index (χ0n) is 10.1. The zero-order chi connectivity index (χ0) is 14.0. The van der Waals surface area contributed by atoms with Crippen molar-refractivity contribution in [3.8, 4) is 11.5 Å². The number of non-ortho nitro benzene ring substituents is 1. The van der Waals surface area contributed by atoms with E-state index in [0.717, 1.165) is 5.56 Å². The largest absolute Gasteiger partial charge is 0.456 e. The lowest BCUT2D eigenvalue weighted by Crippen LogP contribution is -1.94. The van der Waals surface area contributed by atoms with E-state index in [1.165, 1.54) is 12.1 Å². The molecular formula is C13H11IN2O3. The summed E-state index contributed by atoms with van der Waals surface area (Å²) in [5.74, 6) is 1.26. The van der Waals surface area contributed by atoms with E-state index < -0.39 is 4.92 Å². The minimum absolute atomic E-state index is 0.0470. The van der Waals surface area contributed by atoms with Crippen LogP contribution in [0.5, 0.6) is 11.5 Å². The summed E-state index contributed by atoms with van der Waals surface area (Å²) in [6.07, 6.45) is 0. The molecule has 2 aromatic rings. The Kier molecular flexibility index (Phi) is 3.89. The summed E-state index contributed by atoms with van der Waals surface area (Å²) in [6, 6.07) is 9.83. The van der Waals surface area contributed by atoms with Crippen LogP contribution in [0.3, 0.4) is 0 Å². The van der Waals surface area contributed by atoms with Crippen molar-refractivity contribution < 1.29 is 9.66 Å². The topological polar surface area (TPSA) is 78.4 Å². The maximum atomic E-state index is 10.7. The lowest BCUT2D eigenvalue weighted by molar-refractivity contribution is -0.385. The molecule has 0 spiro atoms. The van der Waals surface area contributed by atoms with Crippen molar-refractivity contribution in [3.63, 3.8) is 0 Å². The van der Waals surface area contributed by atoms with Crippen LogP contribution in [0.25, 0.3) is 0 Å². The molecule has 0 aromatic heterocycles. The molecule has 19 heavy (non-hydrogen) atoms. The number of benzene rings is 2. The Bertz CT molecular complexity index is 644. The summed E-state index contributed by atoms with van der Waals surface area (Å²) < 4.78 is 6.43. The Labute approximate surface area is 123 Å². The van der Waals surface area contributed by atoms with Crippen LogP contribution < -0.4 is 10.5 Å². The van der Waals surface area contributed by atoms with Crippen molar-refractivity contribution in [2.45, 2.75) is 6.92 Å². The van der Waals surface area contributed by atoms with Crippen LogP contribution in [0.2, 0.25) is 0 Å². The highest BCUT2D eigenvalue weighted by Gasteiger charge is 2.11. The van der Waals surface area contributed by atoms with Gasteiger partial charge in [-0.05, 0) is 59.3 Å². The molecule has 0 heterocycles. The SMILES string of the molecule is Cc1cc(N)ccc1Oc1ccc([N+](=O)[O-])cc1I. The molecule has 0 aliphatic heterocycles. The molecule has 6 heteroatoms. The van der Waals surface area contributed by atoms with Gasteiger partial charge in [0.25, 0.3) is 5.69 Å². The Morgan fingerprint density at radius 2 is 1.89 bits per heavy atom. The predicted octanol–water partition coefficient (Wildman–Crippen LogP) is 3.88. The lowest BCUT2D eigenvalue weighted by atomic mass is 10.2. The minimum Gasteiger partial charge on any atom is -0.456 e. The van der Waals surface area contributed by atoms with E-state index >= 15 is 0 Å². The average molecular weight is 370 g/mol. The number of nitrogens with zero attached hydrogens (tertiary/aromatic N) is 1. The molecule has 0 aliphatic carbocycles. The molecule has 98 valence electrons. The Morgan fingerprint density at radius 3 is 2.47 bits per heavy atom. The van der Waals surface area contributed by atoms with E-state index in [4.69, 9.17) is 10.5 Å². The molecule has 0 saturated heterocycles. The van der Waals surface area contributed by atoms with Gasteiger partial charge in [-0.15, -0.1) is 0 Å². The van der Waals surface area contributed by atoms with Crippen molar-refractivity contribution >= 4 is 34.0 Å². The molecule has 0 bridgehead atoms. The molecular weight excluding hydrogens is 359 g/mol. The molecule has 2 rings (SSSR count). The first-order chi connectivity index (χ1) is 8.97. The van der Waals surface area contributed by atoms with Crippen molar-refractivity contribution in [2.24, 2.45) is 0 Å². The number of nitro benzene ring substituents is 1. The number of anilines is 1.